The Kier molecular flexibility index (Phi) is 5.35. The Morgan fingerprint density at radius 3 is 2.54 bits per heavy atom. The van der Waals surface area contributed by atoms with Gasteiger partial charge in [0.25, 0.3) is 0 Å². The van der Waals surface area contributed by atoms with E-state index in [1.807, 2.05) is 6.92 Å². The molecule has 0 radical (unpaired) electrons. The lowest BCUT2D eigenvalue weighted by Crippen LogP contribution is -2.30. The number of carbonyl (C=O) groups is 4. The van der Waals surface area contributed by atoms with Gasteiger partial charge in [0.15, 0.2) is 6.10 Å². The lowest BCUT2D eigenvalue weighted by molar-refractivity contribution is -0.173. The predicted octanol–water partition coefficient (Wildman–Crippen LogP) is 2.09. The van der Waals surface area contributed by atoms with Crippen LogP contribution in [-0.4, -0.2) is 30.0 Å². The maximum Gasteiger partial charge on any atom is 0.355 e. The third-order valence-corrected chi connectivity index (χ3v) is 4.63. The van der Waals surface area contributed by atoms with Gasteiger partial charge in [-0.05, 0) is 12.0 Å². The topological polar surface area (TPSA) is 96.0 Å². The maximum atomic E-state index is 12.4. The molecule has 26 heavy (non-hydrogen) atoms. The highest BCUT2D eigenvalue weighted by Gasteiger charge is 2.45. The van der Waals surface area contributed by atoms with E-state index in [1.165, 1.54) is 0 Å². The predicted molar refractivity (Wildman–Crippen MR) is 87.4 cm³/mol. The van der Waals surface area contributed by atoms with Crippen LogP contribution in [0.15, 0.2) is 30.3 Å². The smallest absolute Gasteiger partial charge is 0.355 e. The maximum absolute atomic E-state index is 12.4. The van der Waals surface area contributed by atoms with E-state index in [9.17, 15) is 19.2 Å². The molecule has 0 spiro atoms. The first-order valence-electron chi connectivity index (χ1n) is 8.70. The summed E-state index contributed by atoms with van der Waals surface area (Å²) >= 11 is 0. The first-order valence-corrected chi connectivity index (χ1v) is 8.70. The van der Waals surface area contributed by atoms with Crippen LogP contribution in [0.3, 0.4) is 0 Å². The zero-order valence-electron chi connectivity index (χ0n) is 14.4. The third kappa shape index (κ3) is 3.76. The van der Waals surface area contributed by atoms with Crippen LogP contribution in [0.5, 0.6) is 0 Å². The van der Waals surface area contributed by atoms with E-state index in [1.54, 1.807) is 30.3 Å². The van der Waals surface area contributed by atoms with Gasteiger partial charge in [-0.15, -0.1) is 0 Å². The summed E-state index contributed by atoms with van der Waals surface area (Å²) in [6, 6.07) is 8.80. The van der Waals surface area contributed by atoms with Crippen molar-refractivity contribution in [3.05, 3.63) is 35.9 Å². The summed E-state index contributed by atoms with van der Waals surface area (Å²) < 4.78 is 15.1. The highest BCUT2D eigenvalue weighted by atomic mass is 16.6. The van der Waals surface area contributed by atoms with E-state index in [0.717, 1.165) is 6.42 Å². The van der Waals surface area contributed by atoms with E-state index in [4.69, 9.17) is 14.2 Å². The quantitative estimate of drug-likeness (QED) is 0.451. The zero-order chi connectivity index (χ0) is 18.7. The van der Waals surface area contributed by atoms with E-state index >= 15 is 0 Å². The van der Waals surface area contributed by atoms with Gasteiger partial charge in [-0.3, -0.25) is 14.4 Å². The van der Waals surface area contributed by atoms with Gasteiger partial charge in [0.2, 0.25) is 0 Å². The van der Waals surface area contributed by atoms with Crippen LogP contribution in [-0.2, 0) is 33.4 Å². The first kappa shape index (κ1) is 18.1. The molecule has 7 nitrogen and oxygen atoms in total. The molecule has 7 heteroatoms. The van der Waals surface area contributed by atoms with Gasteiger partial charge in [-0.25, -0.2) is 4.79 Å². The Hall–Kier alpha value is -2.70. The number of rotatable bonds is 5. The molecule has 2 aliphatic rings. The SMILES string of the molecule is CCCC1CC(C(=O)OC(=O)C2CC(=O)OC2c2ccccc2)OC1=O. The summed E-state index contributed by atoms with van der Waals surface area (Å²) in [5, 5.41) is 0. The lowest BCUT2D eigenvalue weighted by atomic mass is 9.95. The minimum absolute atomic E-state index is 0.158. The summed E-state index contributed by atoms with van der Waals surface area (Å²) in [7, 11) is 0. The summed E-state index contributed by atoms with van der Waals surface area (Å²) in [6.07, 6.45) is -0.396. The van der Waals surface area contributed by atoms with Crippen molar-refractivity contribution in [2.75, 3.05) is 0 Å². The third-order valence-electron chi connectivity index (χ3n) is 4.63. The number of cyclic esters (lactones) is 2. The summed E-state index contributed by atoms with van der Waals surface area (Å²) in [6.45, 7) is 1.93. The van der Waals surface area contributed by atoms with Gasteiger partial charge in [0.1, 0.15) is 12.0 Å². The fraction of sp³-hybridized carbons (Fsp3) is 0.474. The molecule has 2 aliphatic heterocycles. The van der Waals surface area contributed by atoms with E-state index < -0.39 is 42.0 Å². The second-order valence-electron chi connectivity index (χ2n) is 6.52. The van der Waals surface area contributed by atoms with E-state index in [-0.39, 0.29) is 18.8 Å². The average Bonchev–Trinajstić information content (AvgIpc) is 3.19. The molecule has 0 saturated carbocycles. The number of benzene rings is 1. The van der Waals surface area contributed by atoms with Crippen molar-refractivity contribution < 1.29 is 33.4 Å². The summed E-state index contributed by atoms with van der Waals surface area (Å²) in [4.78, 5) is 48.0. The molecule has 0 aromatic heterocycles. The summed E-state index contributed by atoms with van der Waals surface area (Å²) in [5.41, 5.74) is 0.656. The van der Waals surface area contributed by atoms with Crippen molar-refractivity contribution in [1.82, 2.24) is 0 Å². The van der Waals surface area contributed by atoms with Crippen molar-refractivity contribution in [2.24, 2.45) is 11.8 Å². The average molecular weight is 360 g/mol. The number of ether oxygens (including phenoxy) is 3. The monoisotopic (exact) mass is 360 g/mol. The molecule has 0 amide bonds. The molecule has 2 saturated heterocycles. The van der Waals surface area contributed by atoms with Gasteiger partial charge < -0.3 is 14.2 Å². The van der Waals surface area contributed by atoms with Gasteiger partial charge in [-0.2, -0.15) is 0 Å². The van der Waals surface area contributed by atoms with E-state index in [2.05, 4.69) is 0 Å². The molecule has 4 unspecified atom stereocenters. The van der Waals surface area contributed by atoms with Gasteiger partial charge in [0.05, 0.1) is 12.3 Å². The van der Waals surface area contributed by atoms with Crippen molar-refractivity contribution in [1.29, 1.82) is 0 Å². The van der Waals surface area contributed by atoms with E-state index in [0.29, 0.717) is 12.0 Å². The van der Waals surface area contributed by atoms with Crippen LogP contribution in [0.4, 0.5) is 0 Å². The Labute approximate surface area is 150 Å². The lowest BCUT2D eigenvalue weighted by Gasteiger charge is -2.17. The molecule has 3 rings (SSSR count). The van der Waals surface area contributed by atoms with Crippen molar-refractivity contribution in [3.63, 3.8) is 0 Å². The Morgan fingerprint density at radius 1 is 1.12 bits per heavy atom. The summed E-state index contributed by atoms with van der Waals surface area (Å²) in [5.74, 6) is -3.96. The molecule has 1 aromatic rings. The molecule has 1 aromatic carbocycles. The van der Waals surface area contributed by atoms with Crippen LogP contribution in [0.2, 0.25) is 0 Å². The minimum atomic E-state index is -1.07. The highest BCUT2D eigenvalue weighted by Crippen LogP contribution is 2.36. The second kappa shape index (κ2) is 7.68. The van der Waals surface area contributed by atoms with Crippen molar-refractivity contribution in [2.45, 2.75) is 44.8 Å². The molecular weight excluding hydrogens is 340 g/mol. The normalized spacial score (nSPS) is 27.7. The molecule has 2 heterocycles. The van der Waals surface area contributed by atoms with Gasteiger partial charge >= 0.3 is 23.9 Å². The van der Waals surface area contributed by atoms with Crippen LogP contribution < -0.4 is 0 Å². The fourth-order valence-corrected chi connectivity index (χ4v) is 3.32. The molecule has 2 fully saturated rings. The Bertz CT molecular complexity index is 712. The molecule has 138 valence electrons. The van der Waals surface area contributed by atoms with Crippen LogP contribution in [0.1, 0.15) is 44.3 Å². The van der Waals surface area contributed by atoms with Crippen LogP contribution in [0, 0.1) is 11.8 Å². The Balaban J connectivity index is 1.64. The van der Waals surface area contributed by atoms with Crippen molar-refractivity contribution in [3.8, 4) is 0 Å². The first-order chi connectivity index (χ1) is 12.5. The molecule has 0 N–H and O–H groups in total. The number of hydrogen-bond donors (Lipinski definition) is 0. The molecular formula is C19H20O7. The number of esters is 4. The largest absolute Gasteiger partial charge is 0.457 e. The number of hydrogen-bond acceptors (Lipinski definition) is 7. The van der Waals surface area contributed by atoms with Gasteiger partial charge in [-0.1, -0.05) is 43.7 Å². The number of carbonyl (C=O) groups excluding carboxylic acids is 4. The Morgan fingerprint density at radius 2 is 1.85 bits per heavy atom. The standard InChI is InChI=1S/C19H20O7/c1-2-6-12-9-14(24-17(12)21)19(23)26-18(22)13-10-15(20)25-16(13)11-7-4-3-5-8-11/h3-5,7-8,12-14,16H,2,6,9-10H2,1H3. The second-order valence-corrected chi connectivity index (χ2v) is 6.52. The molecule has 4 atom stereocenters. The van der Waals surface area contributed by atoms with Gasteiger partial charge in [0, 0.05) is 6.42 Å². The fourth-order valence-electron chi connectivity index (χ4n) is 3.32. The van der Waals surface area contributed by atoms with Crippen molar-refractivity contribution >= 4 is 23.9 Å². The van der Waals surface area contributed by atoms with Crippen LogP contribution >= 0.6 is 0 Å². The van der Waals surface area contributed by atoms with Crippen LogP contribution in [0.25, 0.3) is 0 Å². The zero-order valence-corrected chi connectivity index (χ0v) is 14.4. The molecule has 0 aliphatic carbocycles. The minimum Gasteiger partial charge on any atom is -0.457 e. The highest BCUT2D eigenvalue weighted by molar-refractivity contribution is 5.94. The molecule has 0 bridgehead atoms.